The Balaban J connectivity index is 2.72. The molecule has 0 aromatic heterocycles. The Hall–Kier alpha value is -0.0800. The summed E-state index contributed by atoms with van der Waals surface area (Å²) in [6.07, 6.45) is 2.70. The number of likely N-dealkylation sites (tertiary alicyclic amines) is 1. The van der Waals surface area contributed by atoms with Gasteiger partial charge in [0.05, 0.1) is 0 Å². The Morgan fingerprint density at radius 1 is 1.12 bits per heavy atom. The molecule has 17 heavy (non-hydrogen) atoms. The van der Waals surface area contributed by atoms with E-state index in [-0.39, 0.29) is 0 Å². The highest BCUT2D eigenvalue weighted by Gasteiger charge is 2.34. The van der Waals surface area contributed by atoms with E-state index in [1.54, 1.807) is 0 Å². The predicted molar refractivity (Wildman–Crippen MR) is 76.5 cm³/mol. The zero-order valence-corrected chi connectivity index (χ0v) is 13.0. The Bertz CT molecular complexity index is 234. The summed E-state index contributed by atoms with van der Waals surface area (Å²) in [5, 5.41) is 0. The highest BCUT2D eigenvalue weighted by atomic mass is 15.3. The van der Waals surface area contributed by atoms with Crippen LogP contribution in [-0.2, 0) is 0 Å². The minimum atomic E-state index is 0.292. The predicted octanol–water partition coefficient (Wildman–Crippen LogP) is 3.37. The molecular weight excluding hydrogens is 208 g/mol. The van der Waals surface area contributed by atoms with Crippen molar-refractivity contribution in [2.45, 2.75) is 78.4 Å². The molecule has 0 aromatic carbocycles. The molecular formula is C15H32N2. The zero-order chi connectivity index (χ0) is 13.3. The summed E-state index contributed by atoms with van der Waals surface area (Å²) in [6, 6.07) is 0.730. The Morgan fingerprint density at radius 2 is 1.71 bits per heavy atom. The van der Waals surface area contributed by atoms with Crippen LogP contribution in [0, 0.1) is 0 Å². The van der Waals surface area contributed by atoms with Crippen molar-refractivity contribution < 1.29 is 0 Å². The average Bonchev–Trinajstić information content (AvgIpc) is 2.15. The van der Waals surface area contributed by atoms with Crippen LogP contribution in [0.1, 0.15) is 61.3 Å². The average molecular weight is 240 g/mol. The Labute approximate surface area is 108 Å². The van der Waals surface area contributed by atoms with Gasteiger partial charge in [-0.1, -0.05) is 6.92 Å². The van der Waals surface area contributed by atoms with Crippen LogP contribution in [0.4, 0.5) is 0 Å². The number of hydrogen-bond donors (Lipinski definition) is 0. The molecule has 2 heteroatoms. The van der Waals surface area contributed by atoms with E-state index in [2.05, 4.69) is 58.3 Å². The summed E-state index contributed by atoms with van der Waals surface area (Å²) < 4.78 is 0. The van der Waals surface area contributed by atoms with Gasteiger partial charge in [-0.25, -0.2) is 0 Å². The van der Waals surface area contributed by atoms with Crippen molar-refractivity contribution in [2.75, 3.05) is 19.6 Å². The first kappa shape index (κ1) is 15.0. The van der Waals surface area contributed by atoms with Crippen LogP contribution in [0.2, 0.25) is 0 Å². The van der Waals surface area contributed by atoms with Gasteiger partial charge in [0.2, 0.25) is 0 Å². The molecule has 1 heterocycles. The molecule has 102 valence electrons. The molecule has 0 bridgehead atoms. The molecule has 1 aliphatic rings. The van der Waals surface area contributed by atoms with Crippen molar-refractivity contribution in [2.24, 2.45) is 0 Å². The molecule has 1 rings (SSSR count). The molecule has 1 aliphatic heterocycles. The highest BCUT2D eigenvalue weighted by Crippen LogP contribution is 2.26. The van der Waals surface area contributed by atoms with Gasteiger partial charge in [-0.05, 0) is 67.5 Å². The summed E-state index contributed by atoms with van der Waals surface area (Å²) in [7, 11) is 0. The number of piperidine rings is 1. The molecule has 1 saturated heterocycles. The zero-order valence-electron chi connectivity index (χ0n) is 13.0. The van der Waals surface area contributed by atoms with Crippen LogP contribution in [-0.4, -0.2) is 46.6 Å². The summed E-state index contributed by atoms with van der Waals surface area (Å²) in [5.41, 5.74) is 0.607. The summed E-state index contributed by atoms with van der Waals surface area (Å²) in [5.74, 6) is 0. The SMILES string of the molecule is CCN(C1CCCN(C(C)(C)C)C1)C(C)(C)C. The van der Waals surface area contributed by atoms with Crippen LogP contribution in [0.25, 0.3) is 0 Å². The lowest BCUT2D eigenvalue weighted by Crippen LogP contribution is -2.57. The van der Waals surface area contributed by atoms with Crippen LogP contribution >= 0.6 is 0 Å². The molecule has 1 unspecified atom stereocenters. The van der Waals surface area contributed by atoms with E-state index in [4.69, 9.17) is 0 Å². The van der Waals surface area contributed by atoms with Crippen molar-refractivity contribution in [1.29, 1.82) is 0 Å². The third-order valence-electron chi connectivity index (χ3n) is 3.99. The smallest absolute Gasteiger partial charge is 0.0228 e. The van der Waals surface area contributed by atoms with Crippen LogP contribution in [0.15, 0.2) is 0 Å². The van der Waals surface area contributed by atoms with Gasteiger partial charge in [0.15, 0.2) is 0 Å². The number of likely N-dealkylation sites (N-methyl/N-ethyl adjacent to an activating group) is 1. The maximum atomic E-state index is 2.67. The number of nitrogens with zero attached hydrogens (tertiary/aromatic N) is 2. The molecule has 0 amide bonds. The van der Waals surface area contributed by atoms with Crippen molar-refractivity contribution in [3.05, 3.63) is 0 Å². The van der Waals surface area contributed by atoms with Crippen LogP contribution in [0.5, 0.6) is 0 Å². The first-order valence-corrected chi connectivity index (χ1v) is 7.18. The quantitative estimate of drug-likeness (QED) is 0.730. The van der Waals surface area contributed by atoms with E-state index >= 15 is 0 Å². The monoisotopic (exact) mass is 240 g/mol. The van der Waals surface area contributed by atoms with E-state index in [9.17, 15) is 0 Å². The second-order valence-corrected chi connectivity index (χ2v) is 7.37. The molecule has 1 atom stereocenters. The van der Waals surface area contributed by atoms with Gasteiger partial charge in [-0.2, -0.15) is 0 Å². The third kappa shape index (κ3) is 3.96. The fourth-order valence-electron chi connectivity index (χ4n) is 3.10. The summed E-state index contributed by atoms with van der Waals surface area (Å²) in [4.78, 5) is 5.32. The van der Waals surface area contributed by atoms with Gasteiger partial charge in [-0.3, -0.25) is 9.80 Å². The third-order valence-corrected chi connectivity index (χ3v) is 3.99. The Kier molecular flexibility index (Phi) is 4.65. The van der Waals surface area contributed by atoms with Crippen molar-refractivity contribution in [3.63, 3.8) is 0 Å². The topological polar surface area (TPSA) is 6.48 Å². The fourth-order valence-corrected chi connectivity index (χ4v) is 3.10. The van der Waals surface area contributed by atoms with Gasteiger partial charge in [0, 0.05) is 23.7 Å². The lowest BCUT2D eigenvalue weighted by atomic mass is 9.94. The lowest BCUT2D eigenvalue weighted by Gasteiger charge is -2.48. The second kappa shape index (κ2) is 5.27. The van der Waals surface area contributed by atoms with Gasteiger partial charge in [-0.15, -0.1) is 0 Å². The molecule has 0 radical (unpaired) electrons. The maximum absolute atomic E-state index is 2.67. The largest absolute Gasteiger partial charge is 0.297 e. The van der Waals surface area contributed by atoms with E-state index < -0.39 is 0 Å². The van der Waals surface area contributed by atoms with Crippen molar-refractivity contribution in [3.8, 4) is 0 Å². The van der Waals surface area contributed by atoms with Gasteiger partial charge < -0.3 is 0 Å². The van der Waals surface area contributed by atoms with Crippen molar-refractivity contribution in [1.82, 2.24) is 9.80 Å². The molecule has 0 N–H and O–H groups in total. The lowest BCUT2D eigenvalue weighted by molar-refractivity contribution is 0.00682. The standard InChI is InChI=1S/C15H32N2/c1-8-17(15(5,6)7)13-10-9-11-16(12-13)14(2,3)4/h13H,8-12H2,1-7H3. The minimum absolute atomic E-state index is 0.292. The van der Waals surface area contributed by atoms with Crippen molar-refractivity contribution >= 4 is 0 Å². The minimum Gasteiger partial charge on any atom is -0.297 e. The second-order valence-electron chi connectivity index (χ2n) is 7.37. The normalized spacial score (nSPS) is 24.4. The fraction of sp³-hybridized carbons (Fsp3) is 1.00. The first-order chi connectivity index (χ1) is 7.66. The molecule has 2 nitrogen and oxygen atoms in total. The number of hydrogen-bond acceptors (Lipinski definition) is 2. The van der Waals surface area contributed by atoms with E-state index in [1.165, 1.54) is 25.9 Å². The maximum Gasteiger partial charge on any atom is 0.0228 e. The molecule has 1 fully saturated rings. The van der Waals surface area contributed by atoms with E-state index in [0.717, 1.165) is 12.6 Å². The van der Waals surface area contributed by atoms with Crippen LogP contribution < -0.4 is 0 Å². The van der Waals surface area contributed by atoms with Gasteiger partial charge in [0.1, 0.15) is 0 Å². The number of rotatable bonds is 2. The van der Waals surface area contributed by atoms with Gasteiger partial charge in [0.25, 0.3) is 0 Å². The summed E-state index contributed by atoms with van der Waals surface area (Å²) in [6.45, 7) is 20.0. The summed E-state index contributed by atoms with van der Waals surface area (Å²) >= 11 is 0. The van der Waals surface area contributed by atoms with Gasteiger partial charge >= 0.3 is 0 Å². The van der Waals surface area contributed by atoms with E-state index in [1.807, 2.05) is 0 Å². The molecule has 0 aliphatic carbocycles. The Morgan fingerprint density at radius 3 is 2.12 bits per heavy atom. The van der Waals surface area contributed by atoms with E-state index in [0.29, 0.717) is 11.1 Å². The van der Waals surface area contributed by atoms with Crippen LogP contribution in [0.3, 0.4) is 0 Å². The molecule has 0 saturated carbocycles. The molecule has 0 aromatic rings. The highest BCUT2D eigenvalue weighted by molar-refractivity contribution is 4.90. The molecule has 0 spiro atoms. The first-order valence-electron chi connectivity index (χ1n) is 7.18.